The summed E-state index contributed by atoms with van der Waals surface area (Å²) in [5.74, 6) is -1.18. The van der Waals surface area contributed by atoms with Gasteiger partial charge in [0.25, 0.3) is 0 Å². The van der Waals surface area contributed by atoms with Crippen LogP contribution in [0.1, 0.15) is 5.56 Å². The summed E-state index contributed by atoms with van der Waals surface area (Å²) in [5.41, 5.74) is 6.61. The standard InChI is InChI=1S/C14H13F2NO/c15-10-2-4-14(18)12(8-10)11-7-9(5-6-17)1-3-13(11)16/h1-4,7-8,18H,5-6,17H2. The Hall–Kier alpha value is -1.94. The Balaban J connectivity index is 2.55. The van der Waals surface area contributed by atoms with Gasteiger partial charge in [-0.1, -0.05) is 6.07 Å². The highest BCUT2D eigenvalue weighted by atomic mass is 19.1. The zero-order chi connectivity index (χ0) is 13.1. The van der Waals surface area contributed by atoms with E-state index >= 15 is 0 Å². The van der Waals surface area contributed by atoms with Crippen LogP contribution in [0.5, 0.6) is 5.75 Å². The monoisotopic (exact) mass is 249 g/mol. The molecule has 0 bridgehead atoms. The third-order valence-corrected chi connectivity index (χ3v) is 2.71. The minimum absolute atomic E-state index is 0.145. The van der Waals surface area contributed by atoms with Crippen LogP contribution >= 0.6 is 0 Å². The summed E-state index contributed by atoms with van der Waals surface area (Å²) in [6.07, 6.45) is 0.601. The molecule has 18 heavy (non-hydrogen) atoms. The van der Waals surface area contributed by atoms with Gasteiger partial charge in [0.05, 0.1) is 0 Å². The van der Waals surface area contributed by atoms with Gasteiger partial charge in [-0.25, -0.2) is 8.78 Å². The Morgan fingerprint density at radius 2 is 1.78 bits per heavy atom. The quantitative estimate of drug-likeness (QED) is 0.878. The zero-order valence-electron chi connectivity index (χ0n) is 9.66. The summed E-state index contributed by atoms with van der Waals surface area (Å²) in [7, 11) is 0. The minimum atomic E-state index is -0.522. The molecule has 0 radical (unpaired) electrons. The number of hydrogen-bond donors (Lipinski definition) is 2. The van der Waals surface area contributed by atoms with E-state index < -0.39 is 11.6 Å². The molecule has 0 aliphatic rings. The first kappa shape index (κ1) is 12.5. The lowest BCUT2D eigenvalue weighted by atomic mass is 10.00. The Morgan fingerprint density at radius 3 is 2.50 bits per heavy atom. The van der Waals surface area contributed by atoms with Crippen LogP contribution in [0.2, 0.25) is 0 Å². The highest BCUT2D eigenvalue weighted by Gasteiger charge is 2.11. The number of benzene rings is 2. The molecule has 4 heteroatoms. The maximum Gasteiger partial charge on any atom is 0.131 e. The van der Waals surface area contributed by atoms with Crippen LogP contribution in [0.3, 0.4) is 0 Å². The molecule has 0 aliphatic heterocycles. The molecule has 0 heterocycles. The van der Waals surface area contributed by atoms with Gasteiger partial charge in [0.15, 0.2) is 0 Å². The van der Waals surface area contributed by atoms with E-state index in [0.717, 1.165) is 17.7 Å². The molecule has 94 valence electrons. The third kappa shape index (κ3) is 2.49. The predicted octanol–water partition coefficient (Wildman–Crippen LogP) is 2.84. The fraction of sp³-hybridized carbons (Fsp3) is 0.143. The zero-order valence-corrected chi connectivity index (χ0v) is 9.66. The van der Waals surface area contributed by atoms with Gasteiger partial charge in [-0.2, -0.15) is 0 Å². The number of phenolic OH excluding ortho intramolecular Hbond substituents is 1. The van der Waals surface area contributed by atoms with Crippen LogP contribution in [0, 0.1) is 11.6 Å². The molecule has 3 N–H and O–H groups in total. The fourth-order valence-corrected chi connectivity index (χ4v) is 1.82. The van der Waals surface area contributed by atoms with Crippen molar-refractivity contribution in [3.05, 3.63) is 53.6 Å². The Morgan fingerprint density at radius 1 is 1.00 bits per heavy atom. The summed E-state index contributed by atoms with van der Waals surface area (Å²) in [5, 5.41) is 9.68. The summed E-state index contributed by atoms with van der Waals surface area (Å²) in [6, 6.07) is 7.95. The second-order valence-electron chi connectivity index (χ2n) is 4.01. The number of aromatic hydroxyl groups is 1. The number of hydrogen-bond acceptors (Lipinski definition) is 2. The second kappa shape index (κ2) is 5.14. The summed E-state index contributed by atoms with van der Waals surface area (Å²) in [6.45, 7) is 0.445. The first-order valence-electron chi connectivity index (χ1n) is 5.59. The Labute approximate surface area is 104 Å². The number of nitrogens with two attached hydrogens (primary N) is 1. The van der Waals surface area contributed by atoms with E-state index in [2.05, 4.69) is 0 Å². The van der Waals surface area contributed by atoms with Crippen LogP contribution in [0.25, 0.3) is 11.1 Å². The average molecular weight is 249 g/mol. The number of phenols is 1. The van der Waals surface area contributed by atoms with Gasteiger partial charge in [0.2, 0.25) is 0 Å². The highest BCUT2D eigenvalue weighted by molar-refractivity contribution is 5.71. The van der Waals surface area contributed by atoms with Crippen molar-refractivity contribution in [3.8, 4) is 16.9 Å². The van der Waals surface area contributed by atoms with Crippen LogP contribution in [0.4, 0.5) is 8.78 Å². The van der Waals surface area contributed by atoms with E-state index in [0.29, 0.717) is 13.0 Å². The van der Waals surface area contributed by atoms with Crippen molar-refractivity contribution in [3.63, 3.8) is 0 Å². The van der Waals surface area contributed by atoms with E-state index in [-0.39, 0.29) is 16.9 Å². The first-order valence-corrected chi connectivity index (χ1v) is 5.59. The van der Waals surface area contributed by atoms with Crippen molar-refractivity contribution >= 4 is 0 Å². The lowest BCUT2D eigenvalue weighted by Gasteiger charge is -2.08. The van der Waals surface area contributed by atoms with Crippen molar-refractivity contribution in [2.75, 3.05) is 6.54 Å². The minimum Gasteiger partial charge on any atom is -0.507 e. The van der Waals surface area contributed by atoms with E-state index in [1.807, 2.05) is 0 Å². The van der Waals surface area contributed by atoms with Gasteiger partial charge < -0.3 is 10.8 Å². The molecular formula is C14H13F2NO. The normalized spacial score (nSPS) is 10.6. The van der Waals surface area contributed by atoms with Crippen molar-refractivity contribution < 1.29 is 13.9 Å². The Bertz CT molecular complexity index is 570. The van der Waals surface area contributed by atoms with Crippen molar-refractivity contribution in [1.82, 2.24) is 0 Å². The maximum atomic E-state index is 13.7. The predicted molar refractivity (Wildman–Crippen MR) is 66.2 cm³/mol. The average Bonchev–Trinajstić information content (AvgIpc) is 2.35. The van der Waals surface area contributed by atoms with Crippen LogP contribution in [-0.4, -0.2) is 11.7 Å². The fourth-order valence-electron chi connectivity index (χ4n) is 1.82. The van der Waals surface area contributed by atoms with Gasteiger partial charge in [-0.05, 0) is 48.9 Å². The molecule has 0 aliphatic carbocycles. The van der Waals surface area contributed by atoms with Crippen LogP contribution in [0.15, 0.2) is 36.4 Å². The first-order chi connectivity index (χ1) is 8.61. The largest absolute Gasteiger partial charge is 0.507 e. The summed E-state index contributed by atoms with van der Waals surface area (Å²) >= 11 is 0. The molecule has 2 nitrogen and oxygen atoms in total. The van der Waals surface area contributed by atoms with Crippen molar-refractivity contribution in [2.45, 2.75) is 6.42 Å². The van der Waals surface area contributed by atoms with E-state index in [9.17, 15) is 13.9 Å². The molecule has 0 aromatic heterocycles. The lowest BCUT2D eigenvalue weighted by Crippen LogP contribution is -2.03. The van der Waals surface area contributed by atoms with Gasteiger partial charge in [-0.3, -0.25) is 0 Å². The highest BCUT2D eigenvalue weighted by Crippen LogP contribution is 2.32. The van der Waals surface area contributed by atoms with E-state index in [1.54, 1.807) is 12.1 Å². The molecule has 0 saturated heterocycles. The van der Waals surface area contributed by atoms with Gasteiger partial charge in [0.1, 0.15) is 17.4 Å². The van der Waals surface area contributed by atoms with Crippen molar-refractivity contribution in [2.24, 2.45) is 5.73 Å². The second-order valence-corrected chi connectivity index (χ2v) is 4.01. The molecule has 2 aromatic rings. The molecule has 0 atom stereocenters. The molecule has 2 rings (SSSR count). The summed E-state index contributed by atoms with van der Waals surface area (Å²) < 4.78 is 26.9. The topological polar surface area (TPSA) is 46.2 Å². The molecule has 0 saturated carbocycles. The number of rotatable bonds is 3. The van der Waals surface area contributed by atoms with Crippen LogP contribution in [-0.2, 0) is 6.42 Å². The molecule has 2 aromatic carbocycles. The lowest BCUT2D eigenvalue weighted by molar-refractivity contribution is 0.474. The smallest absolute Gasteiger partial charge is 0.131 e. The molecular weight excluding hydrogens is 236 g/mol. The van der Waals surface area contributed by atoms with E-state index in [1.165, 1.54) is 12.1 Å². The van der Waals surface area contributed by atoms with Crippen molar-refractivity contribution in [1.29, 1.82) is 0 Å². The SMILES string of the molecule is NCCc1ccc(F)c(-c2cc(F)ccc2O)c1. The van der Waals surface area contributed by atoms with Gasteiger partial charge in [-0.15, -0.1) is 0 Å². The van der Waals surface area contributed by atoms with Gasteiger partial charge >= 0.3 is 0 Å². The summed E-state index contributed by atoms with van der Waals surface area (Å²) in [4.78, 5) is 0. The molecule has 0 fully saturated rings. The molecule has 0 unspecified atom stereocenters. The maximum absolute atomic E-state index is 13.7. The van der Waals surface area contributed by atoms with Gasteiger partial charge in [0, 0.05) is 11.1 Å². The van der Waals surface area contributed by atoms with Crippen LogP contribution < -0.4 is 5.73 Å². The molecule has 0 amide bonds. The molecule has 0 spiro atoms. The third-order valence-electron chi connectivity index (χ3n) is 2.71. The van der Waals surface area contributed by atoms with E-state index in [4.69, 9.17) is 5.73 Å². The number of halogens is 2. The Kier molecular flexibility index (Phi) is 3.58.